The maximum absolute atomic E-state index is 9.21. The van der Waals surface area contributed by atoms with Crippen molar-refractivity contribution in [1.82, 2.24) is 0 Å². The van der Waals surface area contributed by atoms with Crippen molar-refractivity contribution in [2.24, 2.45) is 0 Å². The summed E-state index contributed by atoms with van der Waals surface area (Å²) in [6.07, 6.45) is 4.55. The van der Waals surface area contributed by atoms with Crippen molar-refractivity contribution in [2.45, 2.75) is 12.8 Å². The molecule has 0 spiro atoms. The molecule has 0 radical (unpaired) electrons. The quantitative estimate of drug-likeness (QED) is 0.710. The monoisotopic (exact) mass is 211 g/mol. The molecule has 0 fully saturated rings. The first-order valence-electron chi connectivity index (χ1n) is 4.85. The molecule has 0 aromatic heterocycles. The zero-order chi connectivity index (χ0) is 10.2. The lowest BCUT2D eigenvalue weighted by atomic mass is 10.3. The highest BCUT2D eigenvalue weighted by atomic mass is 32.2. The summed E-state index contributed by atoms with van der Waals surface area (Å²) < 4.78 is 0. The third-order valence-electron chi connectivity index (χ3n) is 1.95. The predicted octanol–water partition coefficient (Wildman–Crippen LogP) is 2.95. The molecule has 1 aromatic carbocycles. The van der Waals surface area contributed by atoms with E-state index in [1.165, 1.54) is 18.6 Å². The Morgan fingerprint density at radius 1 is 1.36 bits per heavy atom. The van der Waals surface area contributed by atoms with Gasteiger partial charge in [0.25, 0.3) is 0 Å². The number of benzene rings is 1. The SMILES string of the molecule is CSCCCCNc1cccc(O)c1. The Balaban J connectivity index is 2.18. The fourth-order valence-corrected chi connectivity index (χ4v) is 1.71. The van der Waals surface area contributed by atoms with E-state index in [4.69, 9.17) is 0 Å². The standard InChI is InChI=1S/C11H17NOS/c1-14-8-3-2-7-12-10-5-4-6-11(13)9-10/h4-6,9,12-13H,2-3,7-8H2,1H3. The summed E-state index contributed by atoms with van der Waals surface area (Å²) in [5.41, 5.74) is 0.995. The maximum Gasteiger partial charge on any atom is 0.117 e. The number of nitrogens with one attached hydrogen (secondary N) is 1. The van der Waals surface area contributed by atoms with Crippen LogP contribution in [0.2, 0.25) is 0 Å². The molecular weight excluding hydrogens is 194 g/mol. The lowest BCUT2D eigenvalue weighted by molar-refractivity contribution is 0.475. The summed E-state index contributed by atoms with van der Waals surface area (Å²) in [7, 11) is 0. The Morgan fingerprint density at radius 2 is 2.21 bits per heavy atom. The molecule has 0 amide bonds. The minimum absolute atomic E-state index is 0.319. The summed E-state index contributed by atoms with van der Waals surface area (Å²) in [4.78, 5) is 0. The summed E-state index contributed by atoms with van der Waals surface area (Å²) in [6.45, 7) is 0.976. The van der Waals surface area contributed by atoms with Crippen molar-refractivity contribution in [2.75, 3.05) is 23.9 Å². The van der Waals surface area contributed by atoms with Gasteiger partial charge < -0.3 is 10.4 Å². The Labute approximate surface area is 89.7 Å². The molecule has 2 nitrogen and oxygen atoms in total. The molecular formula is C11H17NOS. The predicted molar refractivity (Wildman–Crippen MR) is 64.2 cm³/mol. The second-order valence-corrected chi connectivity index (χ2v) is 4.16. The molecule has 1 aromatic rings. The van der Waals surface area contributed by atoms with Crippen LogP contribution in [-0.2, 0) is 0 Å². The van der Waals surface area contributed by atoms with Crippen LogP contribution in [0.25, 0.3) is 0 Å². The van der Waals surface area contributed by atoms with E-state index in [0.717, 1.165) is 12.2 Å². The minimum atomic E-state index is 0.319. The van der Waals surface area contributed by atoms with E-state index in [0.29, 0.717) is 5.75 Å². The van der Waals surface area contributed by atoms with Gasteiger partial charge in [-0.1, -0.05) is 6.07 Å². The highest BCUT2D eigenvalue weighted by Crippen LogP contribution is 2.15. The highest BCUT2D eigenvalue weighted by Gasteiger charge is 1.92. The number of hydrogen-bond donors (Lipinski definition) is 2. The van der Waals surface area contributed by atoms with Crippen LogP contribution in [0.1, 0.15) is 12.8 Å². The van der Waals surface area contributed by atoms with Crippen molar-refractivity contribution in [1.29, 1.82) is 0 Å². The first-order chi connectivity index (χ1) is 6.83. The average Bonchev–Trinajstić information content (AvgIpc) is 2.18. The van der Waals surface area contributed by atoms with E-state index in [9.17, 15) is 5.11 Å². The van der Waals surface area contributed by atoms with Gasteiger partial charge in [-0.3, -0.25) is 0 Å². The molecule has 0 heterocycles. The fourth-order valence-electron chi connectivity index (χ4n) is 1.22. The van der Waals surface area contributed by atoms with Crippen molar-refractivity contribution in [3.63, 3.8) is 0 Å². The smallest absolute Gasteiger partial charge is 0.117 e. The van der Waals surface area contributed by atoms with E-state index in [1.807, 2.05) is 23.9 Å². The summed E-state index contributed by atoms with van der Waals surface area (Å²) >= 11 is 1.88. The summed E-state index contributed by atoms with van der Waals surface area (Å²) in [5, 5.41) is 12.5. The van der Waals surface area contributed by atoms with E-state index < -0.39 is 0 Å². The Hall–Kier alpha value is -0.830. The molecule has 2 N–H and O–H groups in total. The van der Waals surface area contributed by atoms with E-state index in [2.05, 4.69) is 11.6 Å². The number of hydrogen-bond acceptors (Lipinski definition) is 3. The topological polar surface area (TPSA) is 32.3 Å². The van der Waals surface area contributed by atoms with Crippen LogP contribution in [0.3, 0.4) is 0 Å². The zero-order valence-corrected chi connectivity index (χ0v) is 9.31. The number of phenolic OH excluding ortho intramolecular Hbond substituents is 1. The molecule has 0 aliphatic heterocycles. The first-order valence-corrected chi connectivity index (χ1v) is 6.24. The lowest BCUT2D eigenvalue weighted by Crippen LogP contribution is -2.01. The Bertz CT molecular complexity index is 265. The van der Waals surface area contributed by atoms with Crippen LogP contribution in [0.15, 0.2) is 24.3 Å². The van der Waals surface area contributed by atoms with Gasteiger partial charge in [0.05, 0.1) is 0 Å². The molecule has 78 valence electrons. The average molecular weight is 211 g/mol. The molecule has 0 aliphatic rings. The molecule has 0 bridgehead atoms. The molecule has 0 aliphatic carbocycles. The van der Waals surface area contributed by atoms with Crippen molar-refractivity contribution >= 4 is 17.4 Å². The van der Waals surface area contributed by atoms with Crippen molar-refractivity contribution in [3.05, 3.63) is 24.3 Å². The van der Waals surface area contributed by atoms with Gasteiger partial charge >= 0.3 is 0 Å². The third kappa shape index (κ3) is 4.42. The second-order valence-electron chi connectivity index (χ2n) is 3.18. The molecule has 1 rings (SSSR count). The van der Waals surface area contributed by atoms with Gasteiger partial charge in [0.2, 0.25) is 0 Å². The van der Waals surface area contributed by atoms with E-state index in [1.54, 1.807) is 12.1 Å². The number of thioether (sulfide) groups is 1. The Morgan fingerprint density at radius 3 is 2.93 bits per heavy atom. The van der Waals surface area contributed by atoms with Crippen molar-refractivity contribution < 1.29 is 5.11 Å². The lowest BCUT2D eigenvalue weighted by Gasteiger charge is -2.05. The van der Waals surface area contributed by atoms with Crippen molar-refractivity contribution in [3.8, 4) is 5.75 Å². The van der Waals surface area contributed by atoms with Gasteiger partial charge in [-0.05, 0) is 37.0 Å². The normalized spacial score (nSPS) is 10.1. The van der Waals surface area contributed by atoms with E-state index >= 15 is 0 Å². The first kappa shape index (κ1) is 11.2. The number of rotatable bonds is 6. The zero-order valence-electron chi connectivity index (χ0n) is 8.49. The highest BCUT2D eigenvalue weighted by molar-refractivity contribution is 7.98. The summed E-state index contributed by atoms with van der Waals surface area (Å²) in [6, 6.07) is 7.24. The molecule has 0 atom stereocenters. The molecule has 0 unspecified atom stereocenters. The van der Waals surface area contributed by atoms with Crippen LogP contribution >= 0.6 is 11.8 Å². The van der Waals surface area contributed by atoms with E-state index in [-0.39, 0.29) is 0 Å². The van der Waals surface area contributed by atoms with Gasteiger partial charge in [-0.2, -0.15) is 11.8 Å². The summed E-state index contributed by atoms with van der Waals surface area (Å²) in [5.74, 6) is 1.54. The van der Waals surface area contributed by atoms with Crippen LogP contribution in [0.4, 0.5) is 5.69 Å². The second kappa shape index (κ2) is 6.60. The Kier molecular flexibility index (Phi) is 5.30. The van der Waals surface area contributed by atoms with Gasteiger partial charge in [-0.15, -0.1) is 0 Å². The number of phenols is 1. The molecule has 0 saturated carbocycles. The molecule has 14 heavy (non-hydrogen) atoms. The van der Waals surface area contributed by atoms with Crippen LogP contribution < -0.4 is 5.32 Å². The van der Waals surface area contributed by atoms with Crippen LogP contribution in [0.5, 0.6) is 5.75 Å². The minimum Gasteiger partial charge on any atom is -0.508 e. The number of unbranched alkanes of at least 4 members (excludes halogenated alkanes) is 1. The van der Waals surface area contributed by atoms with Crippen LogP contribution in [0, 0.1) is 0 Å². The fraction of sp³-hybridized carbons (Fsp3) is 0.455. The van der Waals surface area contributed by atoms with Gasteiger partial charge in [-0.25, -0.2) is 0 Å². The maximum atomic E-state index is 9.21. The van der Waals surface area contributed by atoms with Gasteiger partial charge in [0.1, 0.15) is 5.75 Å². The van der Waals surface area contributed by atoms with Crippen LogP contribution in [-0.4, -0.2) is 23.7 Å². The third-order valence-corrected chi connectivity index (χ3v) is 2.65. The molecule has 3 heteroatoms. The van der Waals surface area contributed by atoms with Gasteiger partial charge in [0.15, 0.2) is 0 Å². The van der Waals surface area contributed by atoms with Gasteiger partial charge in [0, 0.05) is 18.3 Å². The number of aromatic hydroxyl groups is 1. The number of anilines is 1. The molecule has 0 saturated heterocycles. The largest absolute Gasteiger partial charge is 0.508 e.